The number of esters is 2. The average molecular weight is 354 g/mol. The van der Waals surface area contributed by atoms with Crippen LogP contribution in [0.4, 0.5) is 0 Å². The van der Waals surface area contributed by atoms with Crippen molar-refractivity contribution < 1.29 is 19.1 Å². The molecule has 0 aliphatic carbocycles. The first-order chi connectivity index (χ1) is 12.6. The van der Waals surface area contributed by atoms with Crippen LogP contribution in [0.5, 0.6) is 0 Å². The van der Waals surface area contributed by atoms with Gasteiger partial charge in [0.25, 0.3) is 0 Å². The minimum absolute atomic E-state index is 0.277. The quantitative estimate of drug-likeness (QED) is 0.476. The summed E-state index contributed by atoms with van der Waals surface area (Å²) in [5.41, 5.74) is 3.26. The van der Waals surface area contributed by atoms with Crippen molar-refractivity contribution in [2.45, 2.75) is 39.5 Å². The summed E-state index contributed by atoms with van der Waals surface area (Å²) in [6.07, 6.45) is 3.49. The van der Waals surface area contributed by atoms with Crippen LogP contribution in [-0.4, -0.2) is 25.2 Å². The van der Waals surface area contributed by atoms with E-state index < -0.39 is 0 Å². The van der Waals surface area contributed by atoms with Gasteiger partial charge in [-0.25, -0.2) is 9.59 Å². The second-order valence-electron chi connectivity index (χ2n) is 6.43. The van der Waals surface area contributed by atoms with E-state index in [1.165, 1.54) is 0 Å². The molecule has 0 bridgehead atoms. The molecular formula is C22H26O4. The van der Waals surface area contributed by atoms with Gasteiger partial charge in [0.15, 0.2) is 0 Å². The third-order valence-electron chi connectivity index (χ3n) is 4.01. The van der Waals surface area contributed by atoms with Gasteiger partial charge in [-0.05, 0) is 63.8 Å². The van der Waals surface area contributed by atoms with Crippen LogP contribution in [0.25, 0.3) is 0 Å². The highest BCUT2D eigenvalue weighted by Crippen LogP contribution is 2.09. The minimum atomic E-state index is -0.277. The van der Waals surface area contributed by atoms with E-state index >= 15 is 0 Å². The predicted octanol–water partition coefficient (Wildman–Crippen LogP) is 4.88. The van der Waals surface area contributed by atoms with Crippen LogP contribution in [0.15, 0.2) is 48.5 Å². The molecule has 4 nitrogen and oxygen atoms in total. The third-order valence-corrected chi connectivity index (χ3v) is 4.01. The third kappa shape index (κ3) is 6.71. The number of ether oxygens (including phenoxy) is 2. The summed E-state index contributed by atoms with van der Waals surface area (Å²) >= 11 is 0. The van der Waals surface area contributed by atoms with Crippen molar-refractivity contribution in [1.82, 2.24) is 0 Å². The maximum atomic E-state index is 11.9. The van der Waals surface area contributed by atoms with Gasteiger partial charge in [0.05, 0.1) is 24.3 Å². The predicted molar refractivity (Wildman–Crippen MR) is 101 cm³/mol. The first-order valence-electron chi connectivity index (χ1n) is 9.04. The molecule has 138 valence electrons. The molecule has 0 aromatic heterocycles. The molecule has 0 aliphatic heterocycles. The summed E-state index contributed by atoms with van der Waals surface area (Å²) in [5, 5.41) is 0. The highest BCUT2D eigenvalue weighted by atomic mass is 16.5. The number of carbonyl (C=O) groups is 2. The van der Waals surface area contributed by atoms with Crippen molar-refractivity contribution in [2.75, 3.05) is 13.2 Å². The molecule has 0 saturated heterocycles. The van der Waals surface area contributed by atoms with Crippen LogP contribution in [0.1, 0.15) is 57.5 Å². The van der Waals surface area contributed by atoms with Crippen LogP contribution in [0, 0.1) is 13.8 Å². The number of rotatable bonds is 9. The Morgan fingerprint density at radius 1 is 0.692 bits per heavy atom. The van der Waals surface area contributed by atoms with Gasteiger partial charge in [-0.2, -0.15) is 0 Å². The van der Waals surface area contributed by atoms with E-state index in [9.17, 15) is 9.59 Å². The SMILES string of the molecule is Cc1cccc(C(=O)OCCCCCCOC(=O)c2cccc(C)c2)c1. The molecule has 2 rings (SSSR count). The molecule has 0 heterocycles. The van der Waals surface area contributed by atoms with Crippen LogP contribution in [-0.2, 0) is 9.47 Å². The fraction of sp³-hybridized carbons (Fsp3) is 0.364. The van der Waals surface area contributed by atoms with E-state index in [4.69, 9.17) is 9.47 Å². The zero-order chi connectivity index (χ0) is 18.8. The Kier molecular flexibility index (Phi) is 7.87. The molecule has 0 N–H and O–H groups in total. The lowest BCUT2D eigenvalue weighted by atomic mass is 10.1. The van der Waals surface area contributed by atoms with Crippen molar-refractivity contribution in [3.63, 3.8) is 0 Å². The minimum Gasteiger partial charge on any atom is -0.462 e. The maximum absolute atomic E-state index is 11.9. The van der Waals surface area contributed by atoms with Gasteiger partial charge < -0.3 is 9.47 Å². The molecule has 0 spiro atoms. The number of carbonyl (C=O) groups excluding carboxylic acids is 2. The summed E-state index contributed by atoms with van der Waals surface area (Å²) in [7, 11) is 0. The number of hydrogen-bond donors (Lipinski definition) is 0. The Morgan fingerprint density at radius 2 is 1.12 bits per heavy atom. The van der Waals surface area contributed by atoms with E-state index in [1.807, 2.05) is 50.2 Å². The molecule has 26 heavy (non-hydrogen) atoms. The van der Waals surface area contributed by atoms with E-state index in [1.54, 1.807) is 12.1 Å². The zero-order valence-corrected chi connectivity index (χ0v) is 15.5. The summed E-state index contributed by atoms with van der Waals surface area (Å²) in [6, 6.07) is 14.8. The van der Waals surface area contributed by atoms with Crippen molar-refractivity contribution >= 4 is 11.9 Å². The Hall–Kier alpha value is -2.62. The normalized spacial score (nSPS) is 10.4. The second kappa shape index (κ2) is 10.4. The molecular weight excluding hydrogens is 328 g/mol. The number of hydrogen-bond acceptors (Lipinski definition) is 4. The second-order valence-corrected chi connectivity index (χ2v) is 6.43. The summed E-state index contributed by atoms with van der Waals surface area (Å²) in [5.74, 6) is -0.554. The fourth-order valence-electron chi connectivity index (χ4n) is 2.60. The molecule has 0 unspecified atom stereocenters. The van der Waals surface area contributed by atoms with Crippen molar-refractivity contribution in [2.24, 2.45) is 0 Å². The van der Waals surface area contributed by atoms with E-state index in [-0.39, 0.29) is 11.9 Å². The Bertz CT molecular complexity index is 673. The van der Waals surface area contributed by atoms with Crippen molar-refractivity contribution in [3.05, 3.63) is 70.8 Å². The average Bonchev–Trinajstić information content (AvgIpc) is 2.63. The molecule has 2 aromatic rings. The fourth-order valence-corrected chi connectivity index (χ4v) is 2.60. The highest BCUT2D eigenvalue weighted by Gasteiger charge is 2.07. The van der Waals surface area contributed by atoms with Crippen LogP contribution < -0.4 is 0 Å². The van der Waals surface area contributed by atoms with Crippen molar-refractivity contribution in [1.29, 1.82) is 0 Å². The topological polar surface area (TPSA) is 52.6 Å². The molecule has 4 heteroatoms. The largest absolute Gasteiger partial charge is 0.462 e. The molecule has 0 radical (unpaired) electrons. The van der Waals surface area contributed by atoms with E-state index in [0.29, 0.717) is 24.3 Å². The van der Waals surface area contributed by atoms with Gasteiger partial charge in [0.1, 0.15) is 0 Å². The smallest absolute Gasteiger partial charge is 0.338 e. The molecule has 0 amide bonds. The standard InChI is InChI=1S/C22H26O4/c1-17-9-7-11-19(15-17)21(23)25-13-5-3-4-6-14-26-22(24)20-12-8-10-18(2)16-20/h7-12,15-16H,3-6,13-14H2,1-2H3. The number of aryl methyl sites for hydroxylation is 2. The van der Waals surface area contributed by atoms with Gasteiger partial charge in [-0.3, -0.25) is 0 Å². The van der Waals surface area contributed by atoms with Gasteiger partial charge in [-0.15, -0.1) is 0 Å². The Labute approximate surface area is 155 Å². The van der Waals surface area contributed by atoms with Crippen molar-refractivity contribution in [3.8, 4) is 0 Å². The molecule has 0 saturated carbocycles. The summed E-state index contributed by atoms with van der Waals surface area (Å²) in [6.45, 7) is 4.72. The van der Waals surface area contributed by atoms with Gasteiger partial charge >= 0.3 is 11.9 Å². The summed E-state index contributed by atoms with van der Waals surface area (Å²) < 4.78 is 10.5. The van der Waals surface area contributed by atoms with E-state index in [0.717, 1.165) is 36.8 Å². The first kappa shape index (κ1) is 19.7. The maximum Gasteiger partial charge on any atom is 0.338 e. The van der Waals surface area contributed by atoms with E-state index in [2.05, 4.69) is 0 Å². The lowest BCUT2D eigenvalue weighted by Crippen LogP contribution is -2.07. The van der Waals surface area contributed by atoms with Crippen LogP contribution >= 0.6 is 0 Å². The lowest BCUT2D eigenvalue weighted by Gasteiger charge is -2.07. The zero-order valence-electron chi connectivity index (χ0n) is 15.5. The molecule has 2 aromatic carbocycles. The molecule has 0 aliphatic rings. The highest BCUT2D eigenvalue weighted by molar-refractivity contribution is 5.90. The number of benzene rings is 2. The molecule has 0 fully saturated rings. The molecule has 0 atom stereocenters. The van der Waals surface area contributed by atoms with Gasteiger partial charge in [0, 0.05) is 0 Å². The Balaban J connectivity index is 1.53. The Morgan fingerprint density at radius 3 is 1.50 bits per heavy atom. The van der Waals surface area contributed by atoms with Crippen LogP contribution in [0.3, 0.4) is 0 Å². The van der Waals surface area contributed by atoms with Gasteiger partial charge in [0.2, 0.25) is 0 Å². The lowest BCUT2D eigenvalue weighted by molar-refractivity contribution is 0.0473. The van der Waals surface area contributed by atoms with Crippen LogP contribution in [0.2, 0.25) is 0 Å². The number of unbranched alkanes of at least 4 members (excludes halogenated alkanes) is 3. The monoisotopic (exact) mass is 354 g/mol. The summed E-state index contributed by atoms with van der Waals surface area (Å²) in [4.78, 5) is 23.8. The first-order valence-corrected chi connectivity index (χ1v) is 9.04. The van der Waals surface area contributed by atoms with Gasteiger partial charge in [-0.1, -0.05) is 35.4 Å².